The van der Waals surface area contributed by atoms with E-state index in [-0.39, 0.29) is 0 Å². The van der Waals surface area contributed by atoms with Gasteiger partial charge in [0.15, 0.2) is 0 Å². The lowest BCUT2D eigenvalue weighted by Crippen LogP contribution is -2.05. The molecule has 0 radical (unpaired) electrons. The number of fused-ring (bicyclic) bond motifs is 1. The Morgan fingerprint density at radius 3 is 3.05 bits per heavy atom. The fourth-order valence-electron chi connectivity index (χ4n) is 2.92. The molecule has 21 heavy (non-hydrogen) atoms. The summed E-state index contributed by atoms with van der Waals surface area (Å²) in [5, 5.41) is 15.6. The standard InChI is InChI=1S/C16H19ClN2O2/c1-3-14-13(9-19(2)18-14)15(20)8-11-7-12(17)6-10-4-5-21-16(10)11/h6-7,9,15,20H,3-5,8H2,1-2H3. The van der Waals surface area contributed by atoms with E-state index < -0.39 is 6.10 Å². The lowest BCUT2D eigenvalue weighted by Gasteiger charge is -2.14. The molecule has 1 aromatic carbocycles. The predicted octanol–water partition coefficient (Wildman–Crippen LogP) is 2.85. The molecular weight excluding hydrogens is 288 g/mol. The number of aliphatic hydroxyl groups is 1. The van der Waals surface area contributed by atoms with Crippen molar-refractivity contribution in [3.8, 4) is 5.75 Å². The summed E-state index contributed by atoms with van der Waals surface area (Å²) < 4.78 is 7.44. The molecule has 112 valence electrons. The Morgan fingerprint density at radius 2 is 2.29 bits per heavy atom. The Morgan fingerprint density at radius 1 is 1.48 bits per heavy atom. The van der Waals surface area contributed by atoms with Crippen molar-refractivity contribution in [2.24, 2.45) is 7.05 Å². The highest BCUT2D eigenvalue weighted by atomic mass is 35.5. The summed E-state index contributed by atoms with van der Waals surface area (Å²) in [5.41, 5.74) is 3.91. The largest absolute Gasteiger partial charge is 0.493 e. The van der Waals surface area contributed by atoms with Gasteiger partial charge in [0.1, 0.15) is 5.75 Å². The van der Waals surface area contributed by atoms with Crippen molar-refractivity contribution in [3.05, 3.63) is 45.7 Å². The minimum atomic E-state index is -0.597. The van der Waals surface area contributed by atoms with E-state index in [4.69, 9.17) is 16.3 Å². The molecule has 0 saturated carbocycles. The Kier molecular flexibility index (Phi) is 3.91. The minimum Gasteiger partial charge on any atom is -0.493 e. The number of nitrogens with zero attached hydrogens (tertiary/aromatic N) is 2. The zero-order valence-corrected chi connectivity index (χ0v) is 13.0. The molecule has 1 N–H and O–H groups in total. The normalized spacial score (nSPS) is 14.9. The van der Waals surface area contributed by atoms with Crippen LogP contribution in [0.25, 0.3) is 0 Å². The molecule has 1 unspecified atom stereocenters. The maximum absolute atomic E-state index is 10.6. The molecule has 0 amide bonds. The summed E-state index contributed by atoms with van der Waals surface area (Å²) in [7, 11) is 1.87. The quantitative estimate of drug-likeness (QED) is 0.945. The molecule has 1 atom stereocenters. The van der Waals surface area contributed by atoms with Gasteiger partial charge in [-0.3, -0.25) is 4.68 Å². The van der Waals surface area contributed by atoms with Crippen molar-refractivity contribution < 1.29 is 9.84 Å². The van der Waals surface area contributed by atoms with Crippen molar-refractivity contribution in [2.75, 3.05) is 6.61 Å². The first kappa shape index (κ1) is 14.4. The van der Waals surface area contributed by atoms with Gasteiger partial charge >= 0.3 is 0 Å². The van der Waals surface area contributed by atoms with Crippen LogP contribution in [-0.2, 0) is 26.3 Å². The van der Waals surface area contributed by atoms with Gasteiger partial charge in [-0.1, -0.05) is 18.5 Å². The molecule has 0 saturated heterocycles. The maximum atomic E-state index is 10.6. The van der Waals surface area contributed by atoms with Gasteiger partial charge in [-0.2, -0.15) is 5.10 Å². The van der Waals surface area contributed by atoms with Crippen LogP contribution in [0, 0.1) is 0 Å². The van der Waals surface area contributed by atoms with E-state index in [1.807, 2.05) is 32.3 Å². The van der Waals surface area contributed by atoms with Crippen LogP contribution in [0.4, 0.5) is 0 Å². The zero-order chi connectivity index (χ0) is 15.0. The fourth-order valence-corrected chi connectivity index (χ4v) is 3.19. The first-order chi connectivity index (χ1) is 10.1. The van der Waals surface area contributed by atoms with Crippen LogP contribution in [0.1, 0.15) is 35.4 Å². The van der Waals surface area contributed by atoms with Crippen molar-refractivity contribution in [1.82, 2.24) is 9.78 Å². The first-order valence-corrected chi connectivity index (χ1v) is 7.61. The Labute approximate surface area is 129 Å². The molecule has 0 bridgehead atoms. The third-order valence-electron chi connectivity index (χ3n) is 3.87. The third-order valence-corrected chi connectivity index (χ3v) is 4.09. The molecule has 0 aliphatic carbocycles. The summed E-state index contributed by atoms with van der Waals surface area (Å²) in [5.74, 6) is 0.889. The Balaban J connectivity index is 1.90. The van der Waals surface area contributed by atoms with Gasteiger partial charge in [0, 0.05) is 36.7 Å². The summed E-state index contributed by atoms with van der Waals surface area (Å²) in [6.45, 7) is 2.73. The second kappa shape index (κ2) is 5.70. The molecule has 1 aromatic heterocycles. The number of benzene rings is 1. The van der Waals surface area contributed by atoms with Crippen LogP contribution in [0.2, 0.25) is 5.02 Å². The Hall–Kier alpha value is -1.52. The number of hydrogen-bond donors (Lipinski definition) is 1. The summed E-state index contributed by atoms with van der Waals surface area (Å²) >= 11 is 6.17. The average molecular weight is 307 g/mol. The van der Waals surface area contributed by atoms with Crippen LogP contribution in [0.5, 0.6) is 5.75 Å². The number of rotatable bonds is 4. The van der Waals surface area contributed by atoms with Crippen LogP contribution < -0.4 is 4.74 Å². The van der Waals surface area contributed by atoms with E-state index in [1.54, 1.807) is 4.68 Å². The number of aromatic nitrogens is 2. The molecule has 0 fully saturated rings. The number of ether oxygens (including phenoxy) is 1. The van der Waals surface area contributed by atoms with Gasteiger partial charge in [-0.25, -0.2) is 0 Å². The first-order valence-electron chi connectivity index (χ1n) is 7.23. The molecule has 2 heterocycles. The van der Waals surface area contributed by atoms with E-state index in [9.17, 15) is 5.11 Å². The average Bonchev–Trinajstić information content (AvgIpc) is 3.04. The van der Waals surface area contributed by atoms with Crippen molar-refractivity contribution in [3.63, 3.8) is 0 Å². The molecule has 3 rings (SSSR count). The van der Waals surface area contributed by atoms with E-state index >= 15 is 0 Å². The second-order valence-corrected chi connectivity index (χ2v) is 5.87. The van der Waals surface area contributed by atoms with Gasteiger partial charge in [-0.05, 0) is 29.7 Å². The van der Waals surface area contributed by atoms with E-state index in [0.29, 0.717) is 18.1 Å². The van der Waals surface area contributed by atoms with Crippen LogP contribution in [-0.4, -0.2) is 21.5 Å². The van der Waals surface area contributed by atoms with Crippen LogP contribution in [0.3, 0.4) is 0 Å². The lowest BCUT2D eigenvalue weighted by molar-refractivity contribution is 0.176. The number of hydrogen-bond acceptors (Lipinski definition) is 3. The predicted molar refractivity (Wildman–Crippen MR) is 81.9 cm³/mol. The molecule has 1 aliphatic rings. The fraction of sp³-hybridized carbons (Fsp3) is 0.438. The number of aryl methyl sites for hydroxylation is 2. The van der Waals surface area contributed by atoms with Gasteiger partial charge in [-0.15, -0.1) is 0 Å². The number of aliphatic hydroxyl groups excluding tert-OH is 1. The maximum Gasteiger partial charge on any atom is 0.126 e. The van der Waals surface area contributed by atoms with Gasteiger partial charge in [0.05, 0.1) is 18.4 Å². The summed E-state index contributed by atoms with van der Waals surface area (Å²) in [6, 6.07) is 3.83. The van der Waals surface area contributed by atoms with Gasteiger partial charge in [0.25, 0.3) is 0 Å². The SMILES string of the molecule is CCc1nn(C)cc1C(O)Cc1cc(Cl)cc2c1OCC2. The molecule has 2 aromatic rings. The lowest BCUT2D eigenvalue weighted by atomic mass is 9.98. The third kappa shape index (κ3) is 2.78. The topological polar surface area (TPSA) is 47.3 Å². The van der Waals surface area contributed by atoms with Crippen LogP contribution >= 0.6 is 11.6 Å². The van der Waals surface area contributed by atoms with E-state index in [1.165, 1.54) is 0 Å². The molecule has 0 spiro atoms. The van der Waals surface area contributed by atoms with E-state index in [0.717, 1.165) is 41.0 Å². The molecule has 4 nitrogen and oxygen atoms in total. The van der Waals surface area contributed by atoms with Crippen molar-refractivity contribution in [2.45, 2.75) is 32.3 Å². The molecule has 1 aliphatic heterocycles. The zero-order valence-electron chi connectivity index (χ0n) is 12.3. The molecule has 5 heteroatoms. The van der Waals surface area contributed by atoms with Crippen molar-refractivity contribution in [1.29, 1.82) is 0 Å². The highest BCUT2D eigenvalue weighted by Crippen LogP contribution is 2.35. The van der Waals surface area contributed by atoms with Gasteiger partial charge < -0.3 is 9.84 Å². The smallest absolute Gasteiger partial charge is 0.126 e. The highest BCUT2D eigenvalue weighted by Gasteiger charge is 2.22. The molecular formula is C16H19ClN2O2. The highest BCUT2D eigenvalue weighted by molar-refractivity contribution is 6.30. The second-order valence-electron chi connectivity index (χ2n) is 5.43. The number of halogens is 1. The minimum absolute atomic E-state index is 0.488. The van der Waals surface area contributed by atoms with Gasteiger partial charge in [0.2, 0.25) is 0 Å². The van der Waals surface area contributed by atoms with Crippen LogP contribution in [0.15, 0.2) is 18.3 Å². The Bertz CT molecular complexity index is 667. The summed E-state index contributed by atoms with van der Waals surface area (Å²) in [6.07, 6.45) is 3.46. The monoisotopic (exact) mass is 306 g/mol. The summed E-state index contributed by atoms with van der Waals surface area (Å²) in [4.78, 5) is 0. The van der Waals surface area contributed by atoms with Crippen molar-refractivity contribution >= 4 is 11.6 Å². The van der Waals surface area contributed by atoms with E-state index in [2.05, 4.69) is 5.10 Å².